The van der Waals surface area contributed by atoms with E-state index in [1.165, 1.54) is 55.9 Å². The van der Waals surface area contributed by atoms with Gasteiger partial charge in [-0.1, -0.05) is 11.8 Å². The smallest absolute Gasteiger partial charge is 0.0555 e. The van der Waals surface area contributed by atoms with Crippen molar-refractivity contribution >= 4 is 11.3 Å². The fourth-order valence-electron chi connectivity index (χ4n) is 3.28. The van der Waals surface area contributed by atoms with Crippen LogP contribution < -0.4 is 5.73 Å². The Morgan fingerprint density at radius 1 is 1.30 bits per heavy atom. The van der Waals surface area contributed by atoms with E-state index < -0.39 is 0 Å². The molecule has 20 heavy (non-hydrogen) atoms. The first-order valence-electron chi connectivity index (χ1n) is 7.58. The van der Waals surface area contributed by atoms with E-state index in [-0.39, 0.29) is 0 Å². The van der Waals surface area contributed by atoms with Crippen molar-refractivity contribution in [2.24, 2.45) is 5.73 Å². The standard InChI is InChI=1S/C16H23N3S/c17-7-3-4-14-6-11-20-16(14)13-18-10-5-15(12-18)19-8-1-2-9-19/h6,11,15H,1-2,5,7-10,12-13,17H2. The van der Waals surface area contributed by atoms with E-state index in [1.807, 2.05) is 11.3 Å². The molecule has 108 valence electrons. The molecule has 0 spiro atoms. The first kappa shape index (κ1) is 14.1. The number of hydrogen-bond acceptors (Lipinski definition) is 4. The highest BCUT2D eigenvalue weighted by molar-refractivity contribution is 7.10. The van der Waals surface area contributed by atoms with Gasteiger partial charge in [0.2, 0.25) is 0 Å². The van der Waals surface area contributed by atoms with Crippen LogP contribution in [0.2, 0.25) is 0 Å². The second-order valence-electron chi connectivity index (χ2n) is 5.68. The predicted molar refractivity (Wildman–Crippen MR) is 84.7 cm³/mol. The van der Waals surface area contributed by atoms with Crippen molar-refractivity contribution in [2.75, 3.05) is 32.7 Å². The fourth-order valence-corrected chi connectivity index (χ4v) is 4.16. The Morgan fingerprint density at radius 2 is 2.15 bits per heavy atom. The van der Waals surface area contributed by atoms with Crippen LogP contribution in [-0.4, -0.2) is 48.6 Å². The summed E-state index contributed by atoms with van der Waals surface area (Å²) in [4.78, 5) is 6.67. The molecule has 2 N–H and O–H groups in total. The van der Waals surface area contributed by atoms with Gasteiger partial charge < -0.3 is 5.73 Å². The van der Waals surface area contributed by atoms with Crippen LogP contribution in [-0.2, 0) is 6.54 Å². The molecule has 1 unspecified atom stereocenters. The first-order valence-corrected chi connectivity index (χ1v) is 8.46. The van der Waals surface area contributed by atoms with Gasteiger partial charge in [0.25, 0.3) is 0 Å². The van der Waals surface area contributed by atoms with E-state index in [4.69, 9.17) is 5.73 Å². The Balaban J connectivity index is 1.57. The lowest BCUT2D eigenvalue weighted by atomic mass is 10.2. The lowest BCUT2D eigenvalue weighted by Gasteiger charge is -2.23. The van der Waals surface area contributed by atoms with Crippen molar-refractivity contribution in [2.45, 2.75) is 31.8 Å². The minimum Gasteiger partial charge on any atom is -0.320 e. The summed E-state index contributed by atoms with van der Waals surface area (Å²) >= 11 is 1.82. The van der Waals surface area contributed by atoms with E-state index in [0.29, 0.717) is 6.54 Å². The number of hydrogen-bond donors (Lipinski definition) is 1. The molecule has 2 aliphatic rings. The molecule has 2 aliphatic heterocycles. The third kappa shape index (κ3) is 3.24. The van der Waals surface area contributed by atoms with Gasteiger partial charge in [-0.3, -0.25) is 9.80 Å². The number of thiophene rings is 1. The summed E-state index contributed by atoms with van der Waals surface area (Å²) in [6, 6.07) is 2.91. The third-order valence-electron chi connectivity index (χ3n) is 4.34. The molecule has 1 aromatic rings. The van der Waals surface area contributed by atoms with Crippen LogP contribution in [0.1, 0.15) is 29.7 Å². The molecule has 4 heteroatoms. The van der Waals surface area contributed by atoms with Gasteiger partial charge in [-0.05, 0) is 43.8 Å². The average Bonchev–Trinajstić information content (AvgIpc) is 3.18. The molecule has 0 aliphatic carbocycles. The van der Waals surface area contributed by atoms with Crippen LogP contribution in [0.3, 0.4) is 0 Å². The SMILES string of the molecule is NCC#Cc1ccsc1CN1CCC(N2CCCC2)C1. The Bertz CT molecular complexity index is 493. The van der Waals surface area contributed by atoms with Crippen LogP contribution in [0.4, 0.5) is 0 Å². The third-order valence-corrected chi connectivity index (χ3v) is 5.25. The summed E-state index contributed by atoms with van der Waals surface area (Å²) in [5.74, 6) is 6.16. The summed E-state index contributed by atoms with van der Waals surface area (Å²) in [7, 11) is 0. The molecule has 3 heterocycles. The topological polar surface area (TPSA) is 32.5 Å². The van der Waals surface area contributed by atoms with E-state index >= 15 is 0 Å². The Kier molecular flexibility index (Phi) is 4.74. The molecule has 0 radical (unpaired) electrons. The molecular formula is C16H23N3S. The minimum absolute atomic E-state index is 0.441. The van der Waals surface area contributed by atoms with E-state index in [9.17, 15) is 0 Å². The van der Waals surface area contributed by atoms with E-state index in [2.05, 4.69) is 33.1 Å². The molecule has 0 amide bonds. The summed E-state index contributed by atoms with van der Waals surface area (Å²) in [5.41, 5.74) is 6.63. The van der Waals surface area contributed by atoms with Crippen molar-refractivity contribution in [3.8, 4) is 11.8 Å². The fraction of sp³-hybridized carbons (Fsp3) is 0.625. The zero-order valence-electron chi connectivity index (χ0n) is 12.0. The molecule has 0 bridgehead atoms. The molecule has 1 atom stereocenters. The summed E-state index contributed by atoms with van der Waals surface area (Å²) < 4.78 is 0. The summed E-state index contributed by atoms with van der Waals surface area (Å²) in [6.07, 6.45) is 4.11. The molecule has 0 aromatic carbocycles. The van der Waals surface area contributed by atoms with Crippen molar-refractivity contribution in [1.82, 2.24) is 9.80 Å². The highest BCUT2D eigenvalue weighted by Crippen LogP contribution is 2.24. The van der Waals surface area contributed by atoms with Crippen LogP contribution in [0.5, 0.6) is 0 Å². The van der Waals surface area contributed by atoms with Gasteiger partial charge in [0, 0.05) is 36.1 Å². The van der Waals surface area contributed by atoms with Crippen LogP contribution in [0, 0.1) is 11.8 Å². The molecule has 2 fully saturated rings. The summed E-state index contributed by atoms with van der Waals surface area (Å²) in [5, 5.41) is 2.14. The normalized spacial score (nSPS) is 23.9. The minimum atomic E-state index is 0.441. The lowest BCUT2D eigenvalue weighted by Crippen LogP contribution is -2.35. The predicted octanol–water partition coefficient (Wildman–Crippen LogP) is 1.73. The Morgan fingerprint density at radius 3 is 2.95 bits per heavy atom. The lowest BCUT2D eigenvalue weighted by molar-refractivity contribution is 0.230. The van der Waals surface area contributed by atoms with Gasteiger partial charge >= 0.3 is 0 Å². The largest absolute Gasteiger partial charge is 0.320 e. The zero-order chi connectivity index (χ0) is 13.8. The highest BCUT2D eigenvalue weighted by atomic mass is 32.1. The van der Waals surface area contributed by atoms with Crippen molar-refractivity contribution in [3.05, 3.63) is 21.9 Å². The van der Waals surface area contributed by atoms with Crippen molar-refractivity contribution < 1.29 is 0 Å². The number of nitrogens with zero attached hydrogens (tertiary/aromatic N) is 2. The van der Waals surface area contributed by atoms with Crippen LogP contribution >= 0.6 is 11.3 Å². The molecule has 1 aromatic heterocycles. The monoisotopic (exact) mass is 289 g/mol. The quantitative estimate of drug-likeness (QED) is 0.860. The molecule has 3 rings (SSSR count). The van der Waals surface area contributed by atoms with Gasteiger partial charge in [-0.2, -0.15) is 0 Å². The Labute approximate surface area is 125 Å². The van der Waals surface area contributed by atoms with Gasteiger partial charge in [-0.15, -0.1) is 11.3 Å². The average molecular weight is 289 g/mol. The van der Waals surface area contributed by atoms with Gasteiger partial charge in [0.15, 0.2) is 0 Å². The molecule has 3 nitrogen and oxygen atoms in total. The van der Waals surface area contributed by atoms with Crippen LogP contribution in [0.15, 0.2) is 11.4 Å². The Hall–Kier alpha value is -0.860. The van der Waals surface area contributed by atoms with Gasteiger partial charge in [0.1, 0.15) is 0 Å². The summed E-state index contributed by atoms with van der Waals surface area (Å²) in [6.45, 7) is 6.56. The maximum absolute atomic E-state index is 5.46. The van der Waals surface area contributed by atoms with Crippen molar-refractivity contribution in [3.63, 3.8) is 0 Å². The zero-order valence-corrected chi connectivity index (χ0v) is 12.8. The maximum atomic E-state index is 5.46. The van der Waals surface area contributed by atoms with Crippen molar-refractivity contribution in [1.29, 1.82) is 0 Å². The first-order chi connectivity index (χ1) is 9.86. The number of likely N-dealkylation sites (tertiary alicyclic amines) is 2. The molecule has 2 saturated heterocycles. The van der Waals surface area contributed by atoms with E-state index in [1.54, 1.807) is 0 Å². The van der Waals surface area contributed by atoms with Crippen LogP contribution in [0.25, 0.3) is 0 Å². The second kappa shape index (κ2) is 6.73. The van der Waals surface area contributed by atoms with E-state index in [0.717, 1.165) is 12.6 Å². The molecule has 0 saturated carbocycles. The number of rotatable bonds is 3. The molecular weight excluding hydrogens is 266 g/mol. The maximum Gasteiger partial charge on any atom is 0.0555 e. The second-order valence-corrected chi connectivity index (χ2v) is 6.68. The van der Waals surface area contributed by atoms with Gasteiger partial charge in [0.05, 0.1) is 6.54 Å². The highest BCUT2D eigenvalue weighted by Gasteiger charge is 2.29. The van der Waals surface area contributed by atoms with Gasteiger partial charge in [-0.25, -0.2) is 0 Å². The number of nitrogens with two attached hydrogens (primary N) is 1.